The Balaban J connectivity index is 2.15. The number of carbonyl (C=O) groups is 1. The van der Waals surface area contributed by atoms with Gasteiger partial charge in [0.25, 0.3) is 0 Å². The van der Waals surface area contributed by atoms with Gasteiger partial charge in [-0.3, -0.25) is 0 Å². The number of aromatic nitrogens is 2. The SMILES string of the molecule is CCCCOC(=O)c1cnc2ncccc2c1. The van der Waals surface area contributed by atoms with Crippen molar-refractivity contribution in [1.29, 1.82) is 0 Å². The third-order valence-corrected chi connectivity index (χ3v) is 2.42. The summed E-state index contributed by atoms with van der Waals surface area (Å²) < 4.78 is 5.12. The molecule has 0 radical (unpaired) electrons. The smallest absolute Gasteiger partial charge is 0.339 e. The average Bonchev–Trinajstić information content (AvgIpc) is 2.38. The second kappa shape index (κ2) is 5.39. The monoisotopic (exact) mass is 230 g/mol. The molecule has 0 spiro atoms. The standard InChI is InChI=1S/C13H14N2O2/c1-2-3-7-17-13(16)11-8-10-5-4-6-14-12(10)15-9-11/h4-6,8-9H,2-3,7H2,1H3. The van der Waals surface area contributed by atoms with E-state index in [0.29, 0.717) is 17.8 Å². The fourth-order valence-electron chi connectivity index (χ4n) is 1.47. The number of esters is 1. The van der Waals surface area contributed by atoms with Crippen molar-refractivity contribution in [3.8, 4) is 0 Å². The molecule has 0 aliphatic carbocycles. The Labute approximate surface area is 99.7 Å². The Kier molecular flexibility index (Phi) is 3.65. The van der Waals surface area contributed by atoms with Crippen LogP contribution in [0.25, 0.3) is 11.0 Å². The number of carbonyl (C=O) groups excluding carboxylic acids is 1. The molecule has 0 bridgehead atoms. The quantitative estimate of drug-likeness (QED) is 0.598. The zero-order chi connectivity index (χ0) is 12.1. The lowest BCUT2D eigenvalue weighted by molar-refractivity contribution is 0.0499. The topological polar surface area (TPSA) is 52.1 Å². The zero-order valence-corrected chi connectivity index (χ0v) is 9.72. The van der Waals surface area contributed by atoms with Crippen LogP contribution in [0.2, 0.25) is 0 Å². The number of fused-ring (bicyclic) bond motifs is 1. The summed E-state index contributed by atoms with van der Waals surface area (Å²) in [6.45, 7) is 2.51. The van der Waals surface area contributed by atoms with Crippen molar-refractivity contribution in [2.45, 2.75) is 19.8 Å². The van der Waals surface area contributed by atoms with Gasteiger partial charge in [0.2, 0.25) is 0 Å². The van der Waals surface area contributed by atoms with Crippen LogP contribution in [0, 0.1) is 0 Å². The maximum absolute atomic E-state index is 11.7. The number of pyridine rings is 2. The Morgan fingerprint density at radius 1 is 1.41 bits per heavy atom. The van der Waals surface area contributed by atoms with Gasteiger partial charge in [0.1, 0.15) is 0 Å². The minimum Gasteiger partial charge on any atom is -0.462 e. The molecule has 0 saturated heterocycles. The van der Waals surface area contributed by atoms with Gasteiger partial charge in [-0.1, -0.05) is 13.3 Å². The molecule has 0 aliphatic rings. The highest BCUT2D eigenvalue weighted by molar-refractivity contribution is 5.92. The molecule has 4 heteroatoms. The summed E-state index contributed by atoms with van der Waals surface area (Å²) in [5, 5.41) is 0.845. The molecular formula is C13H14N2O2. The molecule has 0 unspecified atom stereocenters. The lowest BCUT2D eigenvalue weighted by Gasteiger charge is -2.04. The average molecular weight is 230 g/mol. The van der Waals surface area contributed by atoms with Gasteiger partial charge in [0, 0.05) is 17.8 Å². The van der Waals surface area contributed by atoms with E-state index in [-0.39, 0.29) is 5.97 Å². The van der Waals surface area contributed by atoms with Gasteiger partial charge < -0.3 is 4.74 Å². The van der Waals surface area contributed by atoms with Crippen molar-refractivity contribution >= 4 is 17.0 Å². The zero-order valence-electron chi connectivity index (χ0n) is 9.72. The molecule has 2 aromatic heterocycles. The number of hydrogen-bond acceptors (Lipinski definition) is 4. The maximum atomic E-state index is 11.7. The van der Waals surface area contributed by atoms with Gasteiger partial charge in [0.05, 0.1) is 12.2 Å². The summed E-state index contributed by atoms with van der Waals surface area (Å²) in [6, 6.07) is 5.44. The predicted molar refractivity (Wildman–Crippen MR) is 64.7 cm³/mol. The molecule has 2 heterocycles. The third kappa shape index (κ3) is 2.78. The molecule has 0 aliphatic heterocycles. The van der Waals surface area contributed by atoms with E-state index in [1.807, 2.05) is 12.1 Å². The van der Waals surface area contributed by atoms with Crippen LogP contribution in [0.5, 0.6) is 0 Å². The second-order valence-electron chi connectivity index (χ2n) is 3.76. The Hall–Kier alpha value is -1.97. The molecule has 2 aromatic rings. The third-order valence-electron chi connectivity index (χ3n) is 2.42. The van der Waals surface area contributed by atoms with Gasteiger partial charge >= 0.3 is 5.97 Å². The van der Waals surface area contributed by atoms with E-state index < -0.39 is 0 Å². The van der Waals surface area contributed by atoms with Crippen molar-refractivity contribution in [2.24, 2.45) is 0 Å². The molecule has 88 valence electrons. The van der Waals surface area contributed by atoms with E-state index >= 15 is 0 Å². The van der Waals surface area contributed by atoms with E-state index in [1.54, 1.807) is 12.3 Å². The molecule has 0 N–H and O–H groups in total. The first-order valence-electron chi connectivity index (χ1n) is 5.69. The van der Waals surface area contributed by atoms with Crippen LogP contribution in [0.3, 0.4) is 0 Å². The Morgan fingerprint density at radius 3 is 3.12 bits per heavy atom. The molecule has 0 amide bonds. The highest BCUT2D eigenvalue weighted by atomic mass is 16.5. The molecule has 0 fully saturated rings. The molecule has 0 aromatic carbocycles. The minimum atomic E-state index is -0.322. The highest BCUT2D eigenvalue weighted by Crippen LogP contribution is 2.11. The Bertz CT molecular complexity index is 526. The van der Waals surface area contributed by atoms with Gasteiger partial charge in [-0.05, 0) is 24.6 Å². The van der Waals surface area contributed by atoms with Crippen LogP contribution in [0.4, 0.5) is 0 Å². The van der Waals surface area contributed by atoms with Crippen LogP contribution in [0.1, 0.15) is 30.1 Å². The molecule has 0 saturated carbocycles. The van der Waals surface area contributed by atoms with Crippen LogP contribution in [-0.2, 0) is 4.74 Å². The normalized spacial score (nSPS) is 10.4. The van der Waals surface area contributed by atoms with Crippen molar-refractivity contribution in [2.75, 3.05) is 6.61 Å². The van der Waals surface area contributed by atoms with Crippen LogP contribution < -0.4 is 0 Å². The summed E-state index contributed by atoms with van der Waals surface area (Å²) in [7, 11) is 0. The molecule has 2 rings (SSSR count). The first-order valence-corrected chi connectivity index (χ1v) is 5.69. The lowest BCUT2D eigenvalue weighted by Crippen LogP contribution is -2.06. The number of ether oxygens (including phenoxy) is 1. The number of hydrogen-bond donors (Lipinski definition) is 0. The minimum absolute atomic E-state index is 0.322. The lowest BCUT2D eigenvalue weighted by atomic mass is 10.2. The van der Waals surface area contributed by atoms with Crippen molar-refractivity contribution in [3.05, 3.63) is 36.2 Å². The highest BCUT2D eigenvalue weighted by Gasteiger charge is 2.08. The maximum Gasteiger partial charge on any atom is 0.339 e. The fourth-order valence-corrected chi connectivity index (χ4v) is 1.47. The molecular weight excluding hydrogens is 216 g/mol. The van der Waals surface area contributed by atoms with Gasteiger partial charge in [-0.15, -0.1) is 0 Å². The van der Waals surface area contributed by atoms with Crippen LogP contribution >= 0.6 is 0 Å². The number of unbranched alkanes of at least 4 members (excludes halogenated alkanes) is 1. The summed E-state index contributed by atoms with van der Waals surface area (Å²) in [5.74, 6) is -0.322. The summed E-state index contributed by atoms with van der Waals surface area (Å²) in [5.41, 5.74) is 1.11. The summed E-state index contributed by atoms with van der Waals surface area (Å²) in [6.07, 6.45) is 5.07. The van der Waals surface area contributed by atoms with Gasteiger partial charge in [-0.25, -0.2) is 14.8 Å². The number of rotatable bonds is 4. The van der Waals surface area contributed by atoms with Gasteiger partial charge in [0.15, 0.2) is 5.65 Å². The molecule has 0 atom stereocenters. The van der Waals surface area contributed by atoms with E-state index in [9.17, 15) is 4.79 Å². The first kappa shape index (κ1) is 11.5. The second-order valence-corrected chi connectivity index (χ2v) is 3.76. The summed E-state index contributed by atoms with van der Waals surface area (Å²) >= 11 is 0. The van der Waals surface area contributed by atoms with E-state index in [4.69, 9.17) is 4.74 Å². The fraction of sp³-hybridized carbons (Fsp3) is 0.308. The van der Waals surface area contributed by atoms with Gasteiger partial charge in [-0.2, -0.15) is 0 Å². The van der Waals surface area contributed by atoms with E-state index in [1.165, 1.54) is 6.20 Å². The van der Waals surface area contributed by atoms with E-state index in [2.05, 4.69) is 16.9 Å². The first-order chi connectivity index (χ1) is 8.31. The van der Waals surface area contributed by atoms with Crippen LogP contribution in [-0.4, -0.2) is 22.5 Å². The predicted octanol–water partition coefficient (Wildman–Crippen LogP) is 2.59. The largest absolute Gasteiger partial charge is 0.462 e. The molecule has 4 nitrogen and oxygen atoms in total. The van der Waals surface area contributed by atoms with Crippen molar-refractivity contribution in [3.63, 3.8) is 0 Å². The molecule has 17 heavy (non-hydrogen) atoms. The summed E-state index contributed by atoms with van der Waals surface area (Å²) in [4.78, 5) is 19.9. The Morgan fingerprint density at radius 2 is 2.29 bits per heavy atom. The van der Waals surface area contributed by atoms with E-state index in [0.717, 1.165) is 18.2 Å². The van der Waals surface area contributed by atoms with Crippen LogP contribution in [0.15, 0.2) is 30.6 Å². The van der Waals surface area contributed by atoms with Crippen molar-refractivity contribution < 1.29 is 9.53 Å². The number of nitrogens with zero attached hydrogens (tertiary/aromatic N) is 2. The van der Waals surface area contributed by atoms with Crippen molar-refractivity contribution in [1.82, 2.24) is 9.97 Å².